The molecule has 0 aliphatic heterocycles. The van der Waals surface area contributed by atoms with E-state index >= 15 is 0 Å². The Balaban J connectivity index is 2.02. The zero-order valence-electron chi connectivity index (χ0n) is 12.0. The highest BCUT2D eigenvalue weighted by Crippen LogP contribution is 2.21. The van der Waals surface area contributed by atoms with Gasteiger partial charge in [-0.15, -0.1) is 0 Å². The van der Waals surface area contributed by atoms with Crippen LogP contribution >= 0.6 is 0 Å². The van der Waals surface area contributed by atoms with Gasteiger partial charge in [0, 0.05) is 0 Å². The average Bonchev–Trinajstić information content (AvgIpc) is 3.00. The molecule has 2 aromatic rings. The Morgan fingerprint density at radius 2 is 1.87 bits per heavy atom. The number of benzene rings is 1. The summed E-state index contributed by atoms with van der Waals surface area (Å²) >= 11 is 0. The third kappa shape index (κ3) is 4.29. The number of para-hydroxylation sites is 1. The van der Waals surface area contributed by atoms with Crippen LogP contribution in [0.4, 0.5) is 8.78 Å². The quantitative estimate of drug-likeness (QED) is 0.760. The maximum Gasteiger partial charge on any atom is 0.387 e. The molecule has 2 rings (SSSR count). The van der Waals surface area contributed by atoms with Gasteiger partial charge in [0.2, 0.25) is 5.76 Å². The molecule has 0 fully saturated rings. The fraction of sp³-hybridized carbons (Fsp3) is 0.200. The maximum absolute atomic E-state index is 12.3. The molecular weight excluding hydrogens is 314 g/mol. The lowest BCUT2D eigenvalue weighted by Crippen LogP contribution is -2.10. The van der Waals surface area contributed by atoms with E-state index in [1.165, 1.54) is 43.5 Å². The monoisotopic (exact) mass is 326 g/mol. The topological polar surface area (TPSA) is 75.0 Å². The highest BCUT2D eigenvalue weighted by molar-refractivity contribution is 5.92. The van der Waals surface area contributed by atoms with Crippen LogP contribution in [-0.2, 0) is 16.1 Å². The van der Waals surface area contributed by atoms with Crippen LogP contribution in [0, 0.1) is 0 Å². The normalized spacial score (nSPS) is 10.4. The lowest BCUT2D eigenvalue weighted by Gasteiger charge is -2.09. The van der Waals surface area contributed by atoms with Crippen molar-refractivity contribution in [1.82, 2.24) is 0 Å². The van der Waals surface area contributed by atoms with Gasteiger partial charge in [-0.1, -0.05) is 12.1 Å². The summed E-state index contributed by atoms with van der Waals surface area (Å²) in [6.45, 7) is -3.34. The van der Waals surface area contributed by atoms with Crippen molar-refractivity contribution in [3.8, 4) is 5.75 Å². The van der Waals surface area contributed by atoms with Crippen molar-refractivity contribution in [2.24, 2.45) is 0 Å². The molecule has 0 N–H and O–H groups in total. The second-order valence-corrected chi connectivity index (χ2v) is 4.21. The molecule has 0 atom stereocenters. The van der Waals surface area contributed by atoms with Crippen LogP contribution in [0.2, 0.25) is 0 Å². The van der Waals surface area contributed by atoms with E-state index in [1.807, 2.05) is 0 Å². The van der Waals surface area contributed by atoms with Crippen molar-refractivity contribution in [3.05, 3.63) is 53.5 Å². The van der Waals surface area contributed by atoms with E-state index in [-0.39, 0.29) is 29.4 Å². The molecule has 0 bridgehead atoms. The number of furan rings is 1. The molecule has 1 heterocycles. The van der Waals surface area contributed by atoms with Gasteiger partial charge in [0.1, 0.15) is 23.7 Å². The van der Waals surface area contributed by atoms with E-state index in [2.05, 4.69) is 9.47 Å². The first-order chi connectivity index (χ1) is 11.0. The number of methoxy groups -OCH3 is 1. The van der Waals surface area contributed by atoms with Crippen LogP contribution in [0.25, 0.3) is 0 Å². The molecule has 0 aliphatic rings. The smallest absolute Gasteiger partial charge is 0.387 e. The number of hydrogen-bond acceptors (Lipinski definition) is 6. The van der Waals surface area contributed by atoms with Crippen molar-refractivity contribution in [1.29, 1.82) is 0 Å². The summed E-state index contributed by atoms with van der Waals surface area (Å²) in [5.41, 5.74) is -0.146. The number of carbonyl (C=O) groups is 2. The first kappa shape index (κ1) is 16.5. The van der Waals surface area contributed by atoms with E-state index in [4.69, 9.17) is 9.15 Å². The molecule has 0 spiro atoms. The van der Waals surface area contributed by atoms with E-state index in [9.17, 15) is 18.4 Å². The third-order valence-corrected chi connectivity index (χ3v) is 2.72. The van der Waals surface area contributed by atoms with Gasteiger partial charge < -0.3 is 18.6 Å². The second-order valence-electron chi connectivity index (χ2n) is 4.21. The minimum Gasteiger partial charge on any atom is -0.463 e. The second kappa shape index (κ2) is 7.39. The van der Waals surface area contributed by atoms with E-state index < -0.39 is 18.6 Å². The van der Waals surface area contributed by atoms with Crippen molar-refractivity contribution in [2.45, 2.75) is 13.2 Å². The van der Waals surface area contributed by atoms with Gasteiger partial charge in [-0.2, -0.15) is 8.78 Å². The van der Waals surface area contributed by atoms with Gasteiger partial charge in [0.25, 0.3) is 0 Å². The molecule has 0 aliphatic carbocycles. The molecule has 8 heteroatoms. The lowest BCUT2D eigenvalue weighted by atomic mass is 10.2. The van der Waals surface area contributed by atoms with Gasteiger partial charge in [-0.25, -0.2) is 9.59 Å². The summed E-state index contributed by atoms with van der Waals surface area (Å²) in [5.74, 6) is -1.66. The maximum atomic E-state index is 12.3. The molecule has 122 valence electrons. The molecule has 0 amide bonds. The van der Waals surface area contributed by atoms with Gasteiger partial charge in [0.15, 0.2) is 0 Å². The van der Waals surface area contributed by atoms with Crippen LogP contribution < -0.4 is 4.74 Å². The van der Waals surface area contributed by atoms with Crippen molar-refractivity contribution < 1.29 is 37.0 Å². The molecule has 0 saturated carbocycles. The van der Waals surface area contributed by atoms with Crippen molar-refractivity contribution in [3.63, 3.8) is 0 Å². The molecule has 23 heavy (non-hydrogen) atoms. The highest BCUT2D eigenvalue weighted by atomic mass is 19.3. The average molecular weight is 326 g/mol. The lowest BCUT2D eigenvalue weighted by molar-refractivity contribution is -0.0505. The third-order valence-electron chi connectivity index (χ3n) is 2.72. The predicted octanol–water partition coefficient (Wildman–Crippen LogP) is 3.02. The zero-order chi connectivity index (χ0) is 16.8. The number of rotatable bonds is 6. The van der Waals surface area contributed by atoms with Crippen molar-refractivity contribution >= 4 is 11.9 Å². The van der Waals surface area contributed by atoms with E-state index in [0.717, 1.165) is 0 Å². The van der Waals surface area contributed by atoms with Crippen LogP contribution in [0.3, 0.4) is 0 Å². The fourth-order valence-corrected chi connectivity index (χ4v) is 1.71. The Bertz CT molecular complexity index is 695. The number of hydrogen-bond donors (Lipinski definition) is 0. The Morgan fingerprint density at radius 3 is 2.57 bits per heavy atom. The standard InChI is InChI=1S/C15H12F2O6/c1-20-14(19)12-7-6-9(22-12)8-21-13(18)10-4-2-3-5-11(10)23-15(16)17/h2-7,15H,8H2,1H3. The van der Waals surface area contributed by atoms with Crippen LogP contribution in [0.1, 0.15) is 26.7 Å². The van der Waals surface area contributed by atoms with E-state index in [1.54, 1.807) is 0 Å². The summed E-state index contributed by atoms with van der Waals surface area (Å²) < 4.78 is 43.4. The first-order valence-corrected chi connectivity index (χ1v) is 6.39. The molecule has 6 nitrogen and oxygen atoms in total. The summed E-state index contributed by atoms with van der Waals surface area (Å²) in [6.07, 6.45) is 0. The Kier molecular flexibility index (Phi) is 5.29. The number of esters is 2. The predicted molar refractivity (Wildman–Crippen MR) is 72.2 cm³/mol. The minimum absolute atomic E-state index is 0.0417. The molecule has 0 unspecified atom stereocenters. The van der Waals surface area contributed by atoms with Gasteiger partial charge in [-0.05, 0) is 24.3 Å². The summed E-state index contributed by atoms with van der Waals surface area (Å²) in [7, 11) is 1.20. The largest absolute Gasteiger partial charge is 0.463 e. The van der Waals surface area contributed by atoms with Crippen LogP contribution in [0.15, 0.2) is 40.8 Å². The highest BCUT2D eigenvalue weighted by Gasteiger charge is 2.18. The number of ether oxygens (including phenoxy) is 3. The molecular formula is C15H12F2O6. The Hall–Kier alpha value is -2.90. The first-order valence-electron chi connectivity index (χ1n) is 6.39. The van der Waals surface area contributed by atoms with Gasteiger partial charge in [0.05, 0.1) is 7.11 Å². The van der Waals surface area contributed by atoms with E-state index in [0.29, 0.717) is 0 Å². The van der Waals surface area contributed by atoms with Crippen LogP contribution in [-0.4, -0.2) is 25.7 Å². The van der Waals surface area contributed by atoms with Gasteiger partial charge in [-0.3, -0.25) is 0 Å². The number of carbonyl (C=O) groups excluding carboxylic acids is 2. The molecule has 1 aromatic carbocycles. The number of alkyl halides is 2. The summed E-state index contributed by atoms with van der Waals surface area (Å²) in [4.78, 5) is 23.2. The summed E-state index contributed by atoms with van der Waals surface area (Å²) in [6, 6.07) is 8.25. The Morgan fingerprint density at radius 1 is 1.13 bits per heavy atom. The SMILES string of the molecule is COC(=O)c1ccc(COC(=O)c2ccccc2OC(F)F)o1. The minimum atomic E-state index is -3.06. The number of halogens is 2. The Labute approximate surface area is 129 Å². The summed E-state index contributed by atoms with van der Waals surface area (Å²) in [5, 5.41) is 0. The van der Waals surface area contributed by atoms with Crippen molar-refractivity contribution in [2.75, 3.05) is 7.11 Å². The fourth-order valence-electron chi connectivity index (χ4n) is 1.71. The van der Waals surface area contributed by atoms with Crippen LogP contribution in [0.5, 0.6) is 5.75 Å². The zero-order valence-corrected chi connectivity index (χ0v) is 12.0. The molecule has 1 aromatic heterocycles. The molecule has 0 radical (unpaired) electrons. The van der Waals surface area contributed by atoms with Gasteiger partial charge >= 0.3 is 18.6 Å². The molecule has 0 saturated heterocycles.